The van der Waals surface area contributed by atoms with Crippen molar-refractivity contribution >= 4 is 22.4 Å². The molecule has 0 N–H and O–H groups in total. The van der Waals surface area contributed by atoms with Gasteiger partial charge in [0.05, 0.1) is 11.0 Å². The van der Waals surface area contributed by atoms with E-state index in [2.05, 4.69) is 116 Å². The molecule has 4 rings (SSSR count). The molecule has 148 valence electrons. The van der Waals surface area contributed by atoms with Gasteiger partial charge in [0, 0.05) is 51.7 Å². The highest BCUT2D eigenvalue weighted by atomic mass is 15.1. The summed E-state index contributed by atoms with van der Waals surface area (Å²) in [4.78, 5) is 9.22. The van der Waals surface area contributed by atoms with Crippen molar-refractivity contribution in [2.75, 3.05) is 38.0 Å². The third-order valence-electron chi connectivity index (χ3n) is 5.34. The van der Waals surface area contributed by atoms with Gasteiger partial charge in [0.1, 0.15) is 5.82 Å². The SMILES string of the molecule is Cc1ccc2nc(-c3ccc(N(C)C)cc3)n(Cc3ccc(N(C)C)cc3)c2c1. The Kier molecular flexibility index (Phi) is 5.01. The van der Waals surface area contributed by atoms with Crippen LogP contribution in [0.15, 0.2) is 66.7 Å². The number of anilines is 2. The van der Waals surface area contributed by atoms with Crippen LogP contribution in [0, 0.1) is 6.92 Å². The Hall–Kier alpha value is -3.27. The average Bonchev–Trinajstić information content (AvgIpc) is 3.06. The minimum atomic E-state index is 0.790. The first-order chi connectivity index (χ1) is 13.9. The molecule has 0 aliphatic heterocycles. The van der Waals surface area contributed by atoms with Crippen molar-refractivity contribution in [3.8, 4) is 11.4 Å². The maximum Gasteiger partial charge on any atom is 0.141 e. The van der Waals surface area contributed by atoms with Crippen LogP contribution in [0.1, 0.15) is 11.1 Å². The number of hydrogen-bond acceptors (Lipinski definition) is 3. The second-order valence-corrected chi connectivity index (χ2v) is 8.02. The summed E-state index contributed by atoms with van der Waals surface area (Å²) in [5, 5.41) is 0. The molecule has 0 bridgehead atoms. The molecule has 4 heteroatoms. The molecule has 4 aromatic rings. The zero-order valence-electron chi connectivity index (χ0n) is 17.8. The quantitative estimate of drug-likeness (QED) is 0.473. The summed E-state index contributed by atoms with van der Waals surface area (Å²) >= 11 is 0. The maximum atomic E-state index is 4.98. The summed E-state index contributed by atoms with van der Waals surface area (Å²) in [6.45, 7) is 2.92. The molecule has 4 nitrogen and oxygen atoms in total. The van der Waals surface area contributed by atoms with Crippen molar-refractivity contribution in [2.24, 2.45) is 0 Å². The summed E-state index contributed by atoms with van der Waals surface area (Å²) in [6.07, 6.45) is 0. The lowest BCUT2D eigenvalue weighted by atomic mass is 10.1. The van der Waals surface area contributed by atoms with Crippen LogP contribution in [0.3, 0.4) is 0 Å². The van der Waals surface area contributed by atoms with E-state index in [0.717, 1.165) is 23.4 Å². The molecule has 0 radical (unpaired) electrons. The third kappa shape index (κ3) is 3.83. The fourth-order valence-corrected chi connectivity index (χ4v) is 3.60. The van der Waals surface area contributed by atoms with E-state index in [-0.39, 0.29) is 0 Å². The molecule has 0 aliphatic carbocycles. The van der Waals surface area contributed by atoms with Crippen molar-refractivity contribution in [1.82, 2.24) is 9.55 Å². The first kappa shape index (κ1) is 19.1. The Bertz CT molecular complexity index is 1120. The molecule has 0 saturated carbocycles. The minimum absolute atomic E-state index is 0.790. The molecule has 3 aromatic carbocycles. The van der Waals surface area contributed by atoms with Crippen LogP contribution >= 0.6 is 0 Å². The van der Waals surface area contributed by atoms with Gasteiger partial charge >= 0.3 is 0 Å². The predicted octanol–water partition coefficient (Wildman–Crippen LogP) is 5.19. The Morgan fingerprint density at radius 1 is 0.759 bits per heavy atom. The number of benzene rings is 3. The molecular weight excluding hydrogens is 356 g/mol. The molecular formula is C25H28N4. The smallest absolute Gasteiger partial charge is 0.141 e. The maximum absolute atomic E-state index is 4.98. The zero-order valence-corrected chi connectivity index (χ0v) is 17.8. The first-order valence-corrected chi connectivity index (χ1v) is 9.93. The third-order valence-corrected chi connectivity index (χ3v) is 5.34. The second-order valence-electron chi connectivity index (χ2n) is 8.02. The highest BCUT2D eigenvalue weighted by Crippen LogP contribution is 2.28. The number of hydrogen-bond donors (Lipinski definition) is 0. The summed E-state index contributed by atoms with van der Waals surface area (Å²) < 4.78 is 2.33. The van der Waals surface area contributed by atoms with Gasteiger partial charge in [-0.3, -0.25) is 0 Å². The highest BCUT2D eigenvalue weighted by molar-refractivity contribution is 5.81. The lowest BCUT2D eigenvalue weighted by Gasteiger charge is -2.15. The molecule has 0 saturated heterocycles. The largest absolute Gasteiger partial charge is 0.378 e. The van der Waals surface area contributed by atoms with Gasteiger partial charge < -0.3 is 14.4 Å². The van der Waals surface area contributed by atoms with Gasteiger partial charge in [0.2, 0.25) is 0 Å². The van der Waals surface area contributed by atoms with Gasteiger partial charge in [0.25, 0.3) is 0 Å². The molecule has 1 heterocycles. The summed E-state index contributed by atoms with van der Waals surface area (Å²) in [6, 6.07) is 23.9. The summed E-state index contributed by atoms with van der Waals surface area (Å²) in [5.74, 6) is 1.01. The molecule has 1 aromatic heterocycles. The Balaban J connectivity index is 1.80. The predicted molar refractivity (Wildman–Crippen MR) is 124 cm³/mol. The molecule has 0 aliphatic rings. The Morgan fingerprint density at radius 2 is 1.34 bits per heavy atom. The van der Waals surface area contributed by atoms with Gasteiger partial charge in [0.15, 0.2) is 0 Å². The van der Waals surface area contributed by atoms with Crippen LogP contribution in [0.25, 0.3) is 22.4 Å². The van der Waals surface area contributed by atoms with Crippen molar-refractivity contribution in [2.45, 2.75) is 13.5 Å². The average molecular weight is 385 g/mol. The number of imidazole rings is 1. The van der Waals surface area contributed by atoms with Crippen LogP contribution in [-0.4, -0.2) is 37.7 Å². The van der Waals surface area contributed by atoms with Crippen LogP contribution in [-0.2, 0) is 6.54 Å². The molecule has 0 fully saturated rings. The lowest BCUT2D eigenvalue weighted by molar-refractivity contribution is 0.834. The van der Waals surface area contributed by atoms with Gasteiger partial charge in [-0.15, -0.1) is 0 Å². The molecule has 29 heavy (non-hydrogen) atoms. The van der Waals surface area contributed by atoms with Crippen LogP contribution in [0.4, 0.5) is 11.4 Å². The number of nitrogens with zero attached hydrogens (tertiary/aromatic N) is 4. The topological polar surface area (TPSA) is 24.3 Å². The number of aromatic nitrogens is 2. The molecule has 0 atom stereocenters. The molecule has 0 amide bonds. The van der Waals surface area contributed by atoms with Crippen molar-refractivity contribution in [3.05, 3.63) is 77.9 Å². The van der Waals surface area contributed by atoms with Crippen molar-refractivity contribution < 1.29 is 0 Å². The number of rotatable bonds is 5. The summed E-state index contributed by atoms with van der Waals surface area (Å²) in [5.41, 5.74) is 8.25. The molecule has 0 unspecified atom stereocenters. The van der Waals surface area contributed by atoms with Crippen LogP contribution in [0.5, 0.6) is 0 Å². The Labute approximate surface area is 173 Å². The fraction of sp³-hybridized carbons (Fsp3) is 0.240. The molecule has 0 spiro atoms. The van der Waals surface area contributed by atoms with Crippen molar-refractivity contribution in [1.29, 1.82) is 0 Å². The zero-order chi connectivity index (χ0) is 20.5. The first-order valence-electron chi connectivity index (χ1n) is 9.93. The van der Waals surface area contributed by atoms with E-state index in [0.29, 0.717) is 0 Å². The van der Waals surface area contributed by atoms with Crippen molar-refractivity contribution in [3.63, 3.8) is 0 Å². The standard InChI is InChI=1S/C25H28N4/c1-18-6-15-23-24(16-18)29(17-19-7-11-21(12-8-19)27(2)3)25(26-23)20-9-13-22(14-10-20)28(4)5/h6-16H,17H2,1-5H3. The van der Waals surface area contributed by atoms with E-state index in [1.54, 1.807) is 0 Å². The second kappa shape index (κ2) is 7.63. The summed E-state index contributed by atoms with van der Waals surface area (Å²) in [7, 11) is 8.25. The Morgan fingerprint density at radius 3 is 1.93 bits per heavy atom. The number of fused-ring (bicyclic) bond motifs is 1. The fourth-order valence-electron chi connectivity index (χ4n) is 3.60. The normalized spacial score (nSPS) is 11.1. The van der Waals surface area contributed by atoms with Crippen LogP contribution < -0.4 is 9.80 Å². The van der Waals surface area contributed by atoms with Gasteiger partial charge in [-0.2, -0.15) is 0 Å². The van der Waals surface area contributed by atoms with E-state index in [1.807, 2.05) is 0 Å². The van der Waals surface area contributed by atoms with E-state index < -0.39 is 0 Å². The van der Waals surface area contributed by atoms with Gasteiger partial charge in [-0.05, 0) is 66.6 Å². The van der Waals surface area contributed by atoms with Gasteiger partial charge in [-0.1, -0.05) is 18.2 Å². The van der Waals surface area contributed by atoms with E-state index in [9.17, 15) is 0 Å². The van der Waals surface area contributed by atoms with E-state index >= 15 is 0 Å². The lowest BCUT2D eigenvalue weighted by Crippen LogP contribution is -2.09. The monoisotopic (exact) mass is 384 g/mol. The van der Waals surface area contributed by atoms with E-state index in [1.165, 1.54) is 28.0 Å². The highest BCUT2D eigenvalue weighted by Gasteiger charge is 2.14. The number of aryl methyl sites for hydroxylation is 1. The van der Waals surface area contributed by atoms with Crippen LogP contribution in [0.2, 0.25) is 0 Å². The van der Waals surface area contributed by atoms with Gasteiger partial charge in [-0.25, -0.2) is 4.98 Å². The van der Waals surface area contributed by atoms with E-state index in [4.69, 9.17) is 4.98 Å². The minimum Gasteiger partial charge on any atom is -0.378 e.